The van der Waals surface area contributed by atoms with Crippen molar-refractivity contribution in [2.75, 3.05) is 6.61 Å². The van der Waals surface area contributed by atoms with E-state index in [9.17, 15) is 9.59 Å². The van der Waals surface area contributed by atoms with E-state index >= 15 is 0 Å². The van der Waals surface area contributed by atoms with Gasteiger partial charge in [0.1, 0.15) is 11.3 Å². The minimum Gasteiger partial charge on any atom is -0.482 e. The lowest BCUT2D eigenvalue weighted by atomic mass is 9.79. The van der Waals surface area contributed by atoms with Gasteiger partial charge in [0.05, 0.1) is 16.1 Å². The van der Waals surface area contributed by atoms with Crippen molar-refractivity contribution in [3.8, 4) is 5.75 Å². The largest absolute Gasteiger partial charge is 0.482 e. The first-order valence-electron chi connectivity index (χ1n) is 9.90. The molecule has 1 saturated heterocycles. The summed E-state index contributed by atoms with van der Waals surface area (Å²) in [6.07, 6.45) is 1.78. The number of piperidine rings is 1. The first kappa shape index (κ1) is 21.7. The highest BCUT2D eigenvalue weighted by Crippen LogP contribution is 2.31. The number of quaternary nitrogens is 1. The number of carbonyl (C=O) groups is 1. The molecule has 0 atom stereocenters. The van der Waals surface area contributed by atoms with E-state index in [1.165, 1.54) is 0 Å². The van der Waals surface area contributed by atoms with E-state index < -0.39 is 0 Å². The van der Waals surface area contributed by atoms with Crippen LogP contribution in [0.3, 0.4) is 0 Å². The maximum absolute atomic E-state index is 12.5. The molecule has 6 nitrogen and oxygen atoms in total. The average molecular weight is 422 g/mol. The van der Waals surface area contributed by atoms with Crippen LogP contribution in [0, 0.1) is 13.8 Å². The van der Waals surface area contributed by atoms with Crippen LogP contribution in [0.15, 0.2) is 21.3 Å². The van der Waals surface area contributed by atoms with E-state index in [0.29, 0.717) is 21.9 Å². The van der Waals surface area contributed by atoms with Gasteiger partial charge >= 0.3 is 5.63 Å². The number of aryl methyl sites for hydroxylation is 1. The molecule has 29 heavy (non-hydrogen) atoms. The number of ether oxygens (including phenoxy) is 1. The minimum atomic E-state index is -0.389. The lowest BCUT2D eigenvalue weighted by Gasteiger charge is -2.43. The summed E-state index contributed by atoms with van der Waals surface area (Å²) in [5.74, 6) is 0.125. The molecule has 0 radical (unpaired) electrons. The van der Waals surface area contributed by atoms with Gasteiger partial charge in [-0.05, 0) is 53.2 Å². The number of hydrogen-bond acceptors (Lipinski definition) is 4. The van der Waals surface area contributed by atoms with Gasteiger partial charge in [-0.15, -0.1) is 0 Å². The van der Waals surface area contributed by atoms with Crippen LogP contribution in [0.25, 0.3) is 11.0 Å². The van der Waals surface area contributed by atoms with Gasteiger partial charge in [-0.1, -0.05) is 11.6 Å². The zero-order chi connectivity index (χ0) is 21.6. The Labute approximate surface area is 175 Å². The van der Waals surface area contributed by atoms with Gasteiger partial charge in [0, 0.05) is 35.9 Å². The fourth-order valence-electron chi connectivity index (χ4n) is 4.59. The van der Waals surface area contributed by atoms with Gasteiger partial charge < -0.3 is 19.8 Å². The molecule has 0 unspecified atom stereocenters. The van der Waals surface area contributed by atoms with E-state index in [1.807, 2.05) is 6.92 Å². The molecule has 1 aromatic carbocycles. The van der Waals surface area contributed by atoms with Gasteiger partial charge in [-0.3, -0.25) is 4.79 Å². The number of rotatable bonds is 4. The highest BCUT2D eigenvalue weighted by molar-refractivity contribution is 6.32. The molecule has 0 spiro atoms. The van der Waals surface area contributed by atoms with E-state index in [1.54, 1.807) is 19.1 Å². The first-order valence-corrected chi connectivity index (χ1v) is 10.3. The normalized spacial score (nSPS) is 18.6. The van der Waals surface area contributed by atoms with E-state index in [2.05, 4.69) is 38.3 Å². The van der Waals surface area contributed by atoms with Gasteiger partial charge in [0.25, 0.3) is 5.91 Å². The molecular formula is C22H30ClN2O4+. The Bertz CT molecular complexity index is 994. The third kappa shape index (κ3) is 4.93. The van der Waals surface area contributed by atoms with Gasteiger partial charge in [-0.25, -0.2) is 4.79 Å². The zero-order valence-corrected chi connectivity index (χ0v) is 18.7. The molecule has 0 aliphatic carbocycles. The smallest absolute Gasteiger partial charge is 0.339 e. The van der Waals surface area contributed by atoms with E-state index in [0.717, 1.165) is 23.8 Å². The minimum absolute atomic E-state index is 0.0652. The molecule has 1 aliphatic heterocycles. The van der Waals surface area contributed by atoms with Crippen molar-refractivity contribution in [3.63, 3.8) is 0 Å². The lowest BCUT2D eigenvalue weighted by Crippen LogP contribution is -3.06. The average Bonchev–Trinajstić information content (AvgIpc) is 2.56. The summed E-state index contributed by atoms with van der Waals surface area (Å²) in [5.41, 5.74) is 1.51. The van der Waals surface area contributed by atoms with Crippen LogP contribution in [0.2, 0.25) is 5.02 Å². The molecule has 3 N–H and O–H groups in total. The molecule has 1 fully saturated rings. The number of halogens is 1. The highest BCUT2D eigenvalue weighted by atomic mass is 35.5. The molecule has 0 saturated carbocycles. The maximum atomic E-state index is 12.5. The number of carbonyl (C=O) groups excluding carboxylic acids is 1. The lowest BCUT2D eigenvalue weighted by molar-refractivity contribution is -0.787. The van der Waals surface area contributed by atoms with Crippen molar-refractivity contribution >= 4 is 28.5 Å². The van der Waals surface area contributed by atoms with E-state index in [-0.39, 0.29) is 35.3 Å². The van der Waals surface area contributed by atoms with Crippen molar-refractivity contribution in [2.24, 2.45) is 0 Å². The third-order valence-electron chi connectivity index (χ3n) is 5.56. The summed E-state index contributed by atoms with van der Waals surface area (Å²) in [6.45, 7) is 12.2. The summed E-state index contributed by atoms with van der Waals surface area (Å²) in [7, 11) is 0. The van der Waals surface area contributed by atoms with Crippen LogP contribution in [0.5, 0.6) is 5.75 Å². The number of amides is 1. The Balaban J connectivity index is 1.70. The summed E-state index contributed by atoms with van der Waals surface area (Å²) < 4.78 is 11.0. The van der Waals surface area contributed by atoms with Gasteiger partial charge in [0.15, 0.2) is 6.61 Å². The molecule has 0 bridgehead atoms. The van der Waals surface area contributed by atoms with Crippen LogP contribution in [-0.4, -0.2) is 29.6 Å². The topological polar surface area (TPSA) is 85.2 Å². The quantitative estimate of drug-likeness (QED) is 0.743. The molecule has 158 valence electrons. The number of nitrogens with two attached hydrogens (primary N) is 1. The van der Waals surface area contributed by atoms with Crippen molar-refractivity contribution < 1.29 is 19.3 Å². The van der Waals surface area contributed by atoms with Crippen LogP contribution in [-0.2, 0) is 4.79 Å². The molecule has 1 aliphatic rings. The molecule has 1 amide bonds. The Morgan fingerprint density at radius 1 is 1.21 bits per heavy atom. The maximum Gasteiger partial charge on any atom is 0.339 e. The zero-order valence-electron chi connectivity index (χ0n) is 17.9. The number of hydrogen-bond donors (Lipinski definition) is 2. The summed E-state index contributed by atoms with van der Waals surface area (Å²) >= 11 is 6.34. The van der Waals surface area contributed by atoms with Crippen molar-refractivity contribution in [1.82, 2.24) is 5.32 Å². The Hall–Kier alpha value is -2.05. The number of fused-ring (bicyclic) bond motifs is 1. The molecule has 2 heterocycles. The fraction of sp³-hybridized carbons (Fsp3) is 0.545. The van der Waals surface area contributed by atoms with Gasteiger partial charge in [-0.2, -0.15) is 0 Å². The molecule has 2 aromatic rings. The summed E-state index contributed by atoms with van der Waals surface area (Å²) in [5, 5.41) is 6.58. The van der Waals surface area contributed by atoms with Crippen LogP contribution >= 0.6 is 11.6 Å². The first-order chi connectivity index (χ1) is 13.4. The number of benzene rings is 1. The highest BCUT2D eigenvalue weighted by Gasteiger charge is 2.42. The Morgan fingerprint density at radius 2 is 1.83 bits per heavy atom. The van der Waals surface area contributed by atoms with Crippen molar-refractivity contribution in [2.45, 2.75) is 71.5 Å². The standard InChI is InChI=1S/C22H29ClN2O4/c1-12-13(2)20(27)29-17-8-18(16(23)7-15(12)17)28-11-19(26)24-14-9-21(3,4)25-22(5,6)10-14/h7-8,14,25H,9-11H2,1-6H3,(H,24,26)/p+1. The predicted octanol–water partition coefficient (Wildman–Crippen LogP) is 2.84. The predicted molar refractivity (Wildman–Crippen MR) is 114 cm³/mol. The second-order valence-electron chi connectivity index (χ2n) is 9.50. The Morgan fingerprint density at radius 3 is 2.45 bits per heavy atom. The number of nitrogens with one attached hydrogen (secondary N) is 1. The van der Waals surface area contributed by atoms with Crippen LogP contribution in [0.4, 0.5) is 0 Å². The summed E-state index contributed by atoms with van der Waals surface area (Å²) in [4.78, 5) is 24.4. The summed E-state index contributed by atoms with van der Waals surface area (Å²) in [6, 6.07) is 3.37. The van der Waals surface area contributed by atoms with Gasteiger partial charge in [0.2, 0.25) is 0 Å². The van der Waals surface area contributed by atoms with Crippen molar-refractivity contribution in [3.05, 3.63) is 38.7 Å². The second-order valence-corrected chi connectivity index (χ2v) is 9.91. The third-order valence-corrected chi connectivity index (χ3v) is 5.86. The van der Waals surface area contributed by atoms with Crippen LogP contribution < -0.4 is 21.0 Å². The molecule has 7 heteroatoms. The molecular weight excluding hydrogens is 392 g/mol. The van der Waals surface area contributed by atoms with Crippen molar-refractivity contribution in [1.29, 1.82) is 0 Å². The van der Waals surface area contributed by atoms with Crippen LogP contribution in [0.1, 0.15) is 51.7 Å². The molecule has 1 aromatic heterocycles. The Kier molecular flexibility index (Phi) is 5.71. The van der Waals surface area contributed by atoms with E-state index in [4.69, 9.17) is 20.8 Å². The SMILES string of the molecule is Cc1c(C)c2cc(Cl)c(OCC(=O)NC3CC(C)(C)[NH2+]C(C)(C)C3)cc2oc1=O. The monoisotopic (exact) mass is 421 g/mol. The fourth-order valence-corrected chi connectivity index (χ4v) is 4.81. The molecule has 3 rings (SSSR count). The second kappa shape index (κ2) is 7.65.